The second-order valence-corrected chi connectivity index (χ2v) is 9.02. The molecule has 2 unspecified atom stereocenters. The predicted octanol–water partition coefficient (Wildman–Crippen LogP) is 4.51. The standard InChI is InChI=1S/C23H18Cl2F5N5O3/c1-11(36)21-31-17(32-35(21)15-4-2-3-14(26)18(15)27)10-34-20(25)19(12-5-7-13(24)8-6-12)33(22(34)38)9-16(37)23(28,29)30/h2-8,11,16,36-37H,9-10H2,1H3. The Morgan fingerprint density at radius 3 is 2.29 bits per heavy atom. The molecule has 0 aliphatic heterocycles. The fraction of sp³-hybridized carbons (Fsp3) is 0.261. The zero-order valence-electron chi connectivity index (χ0n) is 19.3. The summed E-state index contributed by atoms with van der Waals surface area (Å²) in [4.78, 5) is 17.3. The zero-order chi connectivity index (χ0) is 27.9. The SMILES string of the molecule is CC(O)c1nc(Cn2c(Cl)c(-c3ccc(Cl)cc3)n(CC(O)C(F)(F)F)c2=O)nn1-c1cccc(F)c1F. The minimum absolute atomic E-state index is 0.136. The molecule has 0 amide bonds. The van der Waals surface area contributed by atoms with Gasteiger partial charge in [-0.2, -0.15) is 13.2 Å². The number of benzene rings is 2. The first-order valence-electron chi connectivity index (χ1n) is 10.9. The first-order valence-corrected chi connectivity index (χ1v) is 11.6. The quantitative estimate of drug-likeness (QED) is 0.315. The third kappa shape index (κ3) is 5.32. The molecule has 2 heterocycles. The number of aliphatic hydroxyl groups excluding tert-OH is 2. The number of hydrogen-bond donors (Lipinski definition) is 2. The summed E-state index contributed by atoms with van der Waals surface area (Å²) < 4.78 is 70.0. The van der Waals surface area contributed by atoms with E-state index in [4.69, 9.17) is 23.2 Å². The summed E-state index contributed by atoms with van der Waals surface area (Å²) in [5.74, 6) is -2.83. The van der Waals surface area contributed by atoms with Crippen LogP contribution < -0.4 is 5.69 Å². The van der Waals surface area contributed by atoms with Crippen LogP contribution in [0.5, 0.6) is 0 Å². The highest BCUT2D eigenvalue weighted by Gasteiger charge is 2.39. The van der Waals surface area contributed by atoms with E-state index in [9.17, 15) is 37.0 Å². The van der Waals surface area contributed by atoms with Gasteiger partial charge in [0, 0.05) is 10.6 Å². The molecule has 8 nitrogen and oxygen atoms in total. The first-order chi connectivity index (χ1) is 17.8. The predicted molar refractivity (Wildman–Crippen MR) is 127 cm³/mol. The lowest BCUT2D eigenvalue weighted by atomic mass is 10.1. The van der Waals surface area contributed by atoms with Crippen molar-refractivity contribution in [2.24, 2.45) is 0 Å². The highest BCUT2D eigenvalue weighted by Crippen LogP contribution is 2.31. The van der Waals surface area contributed by atoms with Gasteiger partial charge in [-0.15, -0.1) is 5.10 Å². The van der Waals surface area contributed by atoms with Crippen LogP contribution in [-0.2, 0) is 13.1 Å². The average Bonchev–Trinajstić information content (AvgIpc) is 3.36. The van der Waals surface area contributed by atoms with Crippen LogP contribution in [0, 0.1) is 11.6 Å². The number of aliphatic hydroxyl groups is 2. The van der Waals surface area contributed by atoms with Gasteiger partial charge in [-0.3, -0.25) is 9.13 Å². The van der Waals surface area contributed by atoms with Gasteiger partial charge in [0.1, 0.15) is 16.9 Å². The molecule has 0 aliphatic rings. The fourth-order valence-corrected chi connectivity index (χ4v) is 4.18. The van der Waals surface area contributed by atoms with Gasteiger partial charge in [-0.25, -0.2) is 23.2 Å². The monoisotopic (exact) mass is 577 g/mol. The van der Waals surface area contributed by atoms with Crippen molar-refractivity contribution in [2.45, 2.75) is 38.4 Å². The summed E-state index contributed by atoms with van der Waals surface area (Å²) in [6.45, 7) is -0.381. The maximum absolute atomic E-state index is 14.4. The third-order valence-corrected chi connectivity index (χ3v) is 6.16. The molecule has 0 fully saturated rings. The number of nitrogens with zero attached hydrogens (tertiary/aromatic N) is 5. The highest BCUT2D eigenvalue weighted by molar-refractivity contribution is 6.32. The first kappa shape index (κ1) is 27.8. The summed E-state index contributed by atoms with van der Waals surface area (Å²) in [5.41, 5.74) is -1.31. The van der Waals surface area contributed by atoms with E-state index in [0.29, 0.717) is 9.59 Å². The van der Waals surface area contributed by atoms with E-state index in [-0.39, 0.29) is 33.7 Å². The Hall–Kier alpha value is -3.26. The fourth-order valence-electron chi connectivity index (χ4n) is 3.71. The van der Waals surface area contributed by atoms with E-state index in [1.807, 2.05) is 0 Å². The number of rotatable bonds is 7. The smallest absolute Gasteiger partial charge is 0.385 e. The molecule has 0 bridgehead atoms. The van der Waals surface area contributed by atoms with Crippen LogP contribution in [0.4, 0.5) is 22.0 Å². The van der Waals surface area contributed by atoms with E-state index < -0.39 is 48.8 Å². The van der Waals surface area contributed by atoms with Crippen molar-refractivity contribution >= 4 is 23.2 Å². The molecular weight excluding hydrogens is 560 g/mol. The van der Waals surface area contributed by atoms with Gasteiger partial charge in [-0.05, 0) is 31.2 Å². The Morgan fingerprint density at radius 2 is 1.68 bits per heavy atom. The maximum atomic E-state index is 14.4. The molecule has 2 atom stereocenters. The van der Waals surface area contributed by atoms with Crippen molar-refractivity contribution in [2.75, 3.05) is 0 Å². The van der Waals surface area contributed by atoms with E-state index in [0.717, 1.165) is 15.3 Å². The summed E-state index contributed by atoms with van der Waals surface area (Å²) in [6, 6.07) is 9.01. The molecule has 0 saturated heterocycles. The van der Waals surface area contributed by atoms with Crippen LogP contribution >= 0.6 is 23.2 Å². The molecule has 38 heavy (non-hydrogen) atoms. The Labute approximate surface area is 221 Å². The van der Waals surface area contributed by atoms with E-state index in [1.54, 1.807) is 0 Å². The van der Waals surface area contributed by atoms with Gasteiger partial charge >= 0.3 is 11.9 Å². The zero-order valence-corrected chi connectivity index (χ0v) is 20.8. The number of alkyl halides is 3. The lowest BCUT2D eigenvalue weighted by molar-refractivity contribution is -0.207. The molecule has 2 aromatic carbocycles. The van der Waals surface area contributed by atoms with E-state index >= 15 is 0 Å². The second kappa shape index (κ2) is 10.5. The van der Waals surface area contributed by atoms with Crippen molar-refractivity contribution in [3.63, 3.8) is 0 Å². The molecule has 2 N–H and O–H groups in total. The normalized spacial score (nSPS) is 13.6. The summed E-state index contributed by atoms with van der Waals surface area (Å²) in [5, 5.41) is 23.9. The number of aromatic nitrogens is 5. The molecule has 0 aliphatic carbocycles. The van der Waals surface area contributed by atoms with Gasteiger partial charge in [0.05, 0.1) is 18.8 Å². The van der Waals surface area contributed by atoms with Crippen LogP contribution in [-0.4, -0.2) is 46.4 Å². The van der Waals surface area contributed by atoms with Gasteiger partial charge in [0.15, 0.2) is 29.4 Å². The molecule has 15 heteroatoms. The number of imidazole rings is 1. The Balaban J connectivity index is 1.84. The van der Waals surface area contributed by atoms with Crippen LogP contribution in [0.2, 0.25) is 10.2 Å². The molecule has 0 saturated carbocycles. The van der Waals surface area contributed by atoms with E-state index in [2.05, 4.69) is 10.1 Å². The number of hydrogen-bond acceptors (Lipinski definition) is 5. The largest absolute Gasteiger partial charge is 0.416 e. The lowest BCUT2D eigenvalue weighted by Gasteiger charge is -2.16. The van der Waals surface area contributed by atoms with Gasteiger partial charge in [-0.1, -0.05) is 41.4 Å². The van der Waals surface area contributed by atoms with Crippen LogP contribution in [0.15, 0.2) is 47.3 Å². The van der Waals surface area contributed by atoms with Crippen LogP contribution in [0.1, 0.15) is 24.7 Å². The molecule has 2 aromatic heterocycles. The van der Waals surface area contributed by atoms with Crippen LogP contribution in [0.3, 0.4) is 0 Å². The minimum atomic E-state index is -5.02. The molecule has 4 rings (SSSR count). The maximum Gasteiger partial charge on any atom is 0.416 e. The minimum Gasteiger partial charge on any atom is -0.385 e. The average molecular weight is 578 g/mol. The lowest BCUT2D eigenvalue weighted by Crippen LogP contribution is -2.37. The summed E-state index contributed by atoms with van der Waals surface area (Å²) >= 11 is 12.3. The highest BCUT2D eigenvalue weighted by atomic mass is 35.5. The van der Waals surface area contributed by atoms with Gasteiger partial charge in [0.25, 0.3) is 0 Å². The van der Waals surface area contributed by atoms with Crippen molar-refractivity contribution in [3.8, 4) is 16.9 Å². The van der Waals surface area contributed by atoms with Gasteiger partial charge < -0.3 is 10.2 Å². The number of halogens is 7. The Kier molecular flexibility index (Phi) is 7.66. The Morgan fingerprint density at radius 1 is 1.03 bits per heavy atom. The molecule has 4 aromatic rings. The molecule has 202 valence electrons. The Bertz CT molecular complexity index is 1530. The van der Waals surface area contributed by atoms with Crippen molar-refractivity contribution in [3.05, 3.63) is 86.4 Å². The van der Waals surface area contributed by atoms with Crippen molar-refractivity contribution in [1.82, 2.24) is 23.9 Å². The van der Waals surface area contributed by atoms with Crippen molar-refractivity contribution < 1.29 is 32.2 Å². The van der Waals surface area contributed by atoms with E-state index in [1.165, 1.54) is 43.3 Å². The van der Waals surface area contributed by atoms with Crippen molar-refractivity contribution in [1.29, 1.82) is 0 Å². The molecule has 0 spiro atoms. The third-order valence-electron chi connectivity index (χ3n) is 5.52. The van der Waals surface area contributed by atoms with Crippen LogP contribution in [0.25, 0.3) is 16.9 Å². The molecule has 0 radical (unpaired) electrons. The second-order valence-electron chi connectivity index (χ2n) is 8.23. The van der Waals surface area contributed by atoms with Gasteiger partial charge in [0.2, 0.25) is 0 Å². The topological polar surface area (TPSA) is 98.1 Å². The molecular formula is C23H18Cl2F5N5O3. The summed E-state index contributed by atoms with van der Waals surface area (Å²) in [6.07, 6.45) is -9.21. The summed E-state index contributed by atoms with van der Waals surface area (Å²) in [7, 11) is 0.